The summed E-state index contributed by atoms with van der Waals surface area (Å²) < 4.78 is 0. The minimum Gasteiger partial charge on any atom is -0.396 e. The van der Waals surface area contributed by atoms with Gasteiger partial charge in [0, 0.05) is 12.5 Å². The van der Waals surface area contributed by atoms with Crippen LogP contribution in [0.1, 0.15) is 57.8 Å². The van der Waals surface area contributed by atoms with Gasteiger partial charge in [0.2, 0.25) is 0 Å². The molecule has 0 aromatic heterocycles. The molecule has 0 fully saturated rings. The molecule has 0 spiro atoms. The standard InChI is InChI=1S/C11H23ClO/c12-10-8-6-4-2-1-3-5-7-9-11-13/h13H,1-11H2. The van der Waals surface area contributed by atoms with E-state index in [0.29, 0.717) is 6.61 Å². The summed E-state index contributed by atoms with van der Waals surface area (Å²) in [6.45, 7) is 0.357. The van der Waals surface area contributed by atoms with Gasteiger partial charge in [0.05, 0.1) is 0 Å². The zero-order valence-electron chi connectivity index (χ0n) is 8.60. The summed E-state index contributed by atoms with van der Waals surface area (Å²) in [5.74, 6) is 0.816. The summed E-state index contributed by atoms with van der Waals surface area (Å²) in [5, 5.41) is 8.55. The van der Waals surface area contributed by atoms with Gasteiger partial charge < -0.3 is 5.11 Å². The second-order valence-electron chi connectivity index (χ2n) is 3.59. The van der Waals surface area contributed by atoms with Gasteiger partial charge in [0.25, 0.3) is 0 Å². The van der Waals surface area contributed by atoms with Crippen molar-refractivity contribution in [2.45, 2.75) is 57.8 Å². The molecule has 0 unspecified atom stereocenters. The molecular formula is C11H23ClO. The fourth-order valence-electron chi connectivity index (χ4n) is 1.44. The van der Waals surface area contributed by atoms with E-state index >= 15 is 0 Å². The lowest BCUT2D eigenvalue weighted by Gasteiger charge is -2.00. The van der Waals surface area contributed by atoms with Gasteiger partial charge in [-0.15, -0.1) is 11.6 Å². The van der Waals surface area contributed by atoms with Crippen LogP contribution in [-0.4, -0.2) is 17.6 Å². The van der Waals surface area contributed by atoms with Gasteiger partial charge in [0.15, 0.2) is 0 Å². The Bertz CT molecular complexity index is 76.2. The van der Waals surface area contributed by atoms with E-state index in [4.69, 9.17) is 16.7 Å². The number of alkyl halides is 1. The maximum Gasteiger partial charge on any atom is 0.0431 e. The number of hydrogen-bond acceptors (Lipinski definition) is 1. The van der Waals surface area contributed by atoms with Crippen molar-refractivity contribution < 1.29 is 5.11 Å². The van der Waals surface area contributed by atoms with E-state index in [-0.39, 0.29) is 0 Å². The van der Waals surface area contributed by atoms with Crippen LogP contribution in [0, 0.1) is 0 Å². The lowest BCUT2D eigenvalue weighted by Crippen LogP contribution is -1.84. The van der Waals surface area contributed by atoms with E-state index in [0.717, 1.165) is 12.3 Å². The molecule has 2 heteroatoms. The minimum absolute atomic E-state index is 0.357. The molecule has 0 rings (SSSR count). The molecule has 0 aliphatic heterocycles. The molecule has 0 bridgehead atoms. The fraction of sp³-hybridized carbons (Fsp3) is 1.00. The summed E-state index contributed by atoms with van der Waals surface area (Å²) in [6.07, 6.45) is 11.3. The molecule has 0 aromatic carbocycles. The Kier molecular flexibility index (Phi) is 12.5. The first-order valence-electron chi connectivity index (χ1n) is 5.58. The first-order valence-corrected chi connectivity index (χ1v) is 6.12. The van der Waals surface area contributed by atoms with E-state index in [1.807, 2.05) is 0 Å². The molecule has 0 aliphatic carbocycles. The van der Waals surface area contributed by atoms with E-state index in [1.165, 1.54) is 51.4 Å². The van der Waals surface area contributed by atoms with Crippen LogP contribution in [0.5, 0.6) is 0 Å². The number of unbranched alkanes of at least 4 members (excludes halogenated alkanes) is 8. The quantitative estimate of drug-likeness (QED) is 0.427. The maximum absolute atomic E-state index is 8.55. The summed E-state index contributed by atoms with van der Waals surface area (Å²) in [6, 6.07) is 0. The van der Waals surface area contributed by atoms with Gasteiger partial charge in [0.1, 0.15) is 0 Å². The van der Waals surface area contributed by atoms with Crippen LogP contribution in [0.3, 0.4) is 0 Å². The molecule has 1 N–H and O–H groups in total. The van der Waals surface area contributed by atoms with E-state index in [2.05, 4.69) is 0 Å². The number of rotatable bonds is 10. The Morgan fingerprint density at radius 3 is 1.38 bits per heavy atom. The van der Waals surface area contributed by atoms with Crippen molar-refractivity contribution in [3.05, 3.63) is 0 Å². The highest BCUT2D eigenvalue weighted by molar-refractivity contribution is 6.17. The maximum atomic E-state index is 8.55. The highest BCUT2D eigenvalue weighted by Gasteiger charge is 1.91. The van der Waals surface area contributed by atoms with Crippen LogP contribution in [0.15, 0.2) is 0 Å². The van der Waals surface area contributed by atoms with Gasteiger partial charge in [-0.05, 0) is 12.8 Å². The lowest BCUT2D eigenvalue weighted by atomic mass is 10.1. The van der Waals surface area contributed by atoms with Crippen molar-refractivity contribution in [3.8, 4) is 0 Å². The molecule has 0 aliphatic rings. The second-order valence-corrected chi connectivity index (χ2v) is 3.97. The third-order valence-electron chi connectivity index (χ3n) is 2.29. The van der Waals surface area contributed by atoms with Gasteiger partial charge in [-0.1, -0.05) is 44.9 Å². The Morgan fingerprint density at radius 2 is 1.00 bits per heavy atom. The van der Waals surface area contributed by atoms with Crippen molar-refractivity contribution in [2.75, 3.05) is 12.5 Å². The monoisotopic (exact) mass is 206 g/mol. The highest BCUT2D eigenvalue weighted by Crippen LogP contribution is 2.09. The van der Waals surface area contributed by atoms with Crippen molar-refractivity contribution in [1.82, 2.24) is 0 Å². The second kappa shape index (κ2) is 12.2. The average Bonchev–Trinajstić information content (AvgIpc) is 2.16. The van der Waals surface area contributed by atoms with E-state index in [1.54, 1.807) is 0 Å². The number of halogens is 1. The molecule has 1 nitrogen and oxygen atoms in total. The Morgan fingerprint density at radius 1 is 0.615 bits per heavy atom. The SMILES string of the molecule is OCCCCCCCCCCCCl. The Labute approximate surface area is 87.5 Å². The normalized spacial score (nSPS) is 10.6. The number of aliphatic hydroxyl groups is 1. The predicted molar refractivity (Wildman–Crippen MR) is 59.4 cm³/mol. The van der Waals surface area contributed by atoms with E-state index in [9.17, 15) is 0 Å². The first-order chi connectivity index (χ1) is 6.41. The Hall–Kier alpha value is 0.250. The summed E-state index contributed by atoms with van der Waals surface area (Å²) in [4.78, 5) is 0. The molecule has 0 atom stereocenters. The van der Waals surface area contributed by atoms with Crippen LogP contribution < -0.4 is 0 Å². The fourth-order valence-corrected chi connectivity index (χ4v) is 1.63. The lowest BCUT2D eigenvalue weighted by molar-refractivity contribution is 0.282. The van der Waals surface area contributed by atoms with Crippen molar-refractivity contribution in [3.63, 3.8) is 0 Å². The van der Waals surface area contributed by atoms with Crippen LogP contribution >= 0.6 is 11.6 Å². The highest BCUT2D eigenvalue weighted by atomic mass is 35.5. The van der Waals surface area contributed by atoms with Crippen LogP contribution in [0.25, 0.3) is 0 Å². The van der Waals surface area contributed by atoms with Gasteiger partial charge in [-0.3, -0.25) is 0 Å². The first kappa shape index (κ1) is 13.2. The molecular weight excluding hydrogens is 184 g/mol. The van der Waals surface area contributed by atoms with Gasteiger partial charge in [-0.25, -0.2) is 0 Å². The summed E-state index contributed by atoms with van der Waals surface area (Å²) in [5.41, 5.74) is 0. The Balaban J connectivity index is 2.76. The van der Waals surface area contributed by atoms with Crippen LogP contribution in [0.2, 0.25) is 0 Å². The van der Waals surface area contributed by atoms with Crippen LogP contribution in [0.4, 0.5) is 0 Å². The predicted octanol–water partition coefficient (Wildman–Crippen LogP) is 3.73. The zero-order chi connectivity index (χ0) is 9.78. The third-order valence-corrected chi connectivity index (χ3v) is 2.56. The third kappa shape index (κ3) is 12.2. The van der Waals surface area contributed by atoms with Crippen LogP contribution in [-0.2, 0) is 0 Å². The molecule has 0 heterocycles. The van der Waals surface area contributed by atoms with Gasteiger partial charge >= 0.3 is 0 Å². The molecule has 80 valence electrons. The number of hydrogen-bond donors (Lipinski definition) is 1. The average molecular weight is 207 g/mol. The molecule has 13 heavy (non-hydrogen) atoms. The van der Waals surface area contributed by atoms with Crippen molar-refractivity contribution in [1.29, 1.82) is 0 Å². The topological polar surface area (TPSA) is 20.2 Å². The van der Waals surface area contributed by atoms with E-state index < -0.39 is 0 Å². The number of aliphatic hydroxyl groups excluding tert-OH is 1. The van der Waals surface area contributed by atoms with Gasteiger partial charge in [-0.2, -0.15) is 0 Å². The van der Waals surface area contributed by atoms with Crippen molar-refractivity contribution in [2.24, 2.45) is 0 Å². The smallest absolute Gasteiger partial charge is 0.0431 e. The molecule has 0 saturated heterocycles. The minimum atomic E-state index is 0.357. The largest absolute Gasteiger partial charge is 0.396 e. The summed E-state index contributed by atoms with van der Waals surface area (Å²) in [7, 11) is 0. The summed E-state index contributed by atoms with van der Waals surface area (Å²) >= 11 is 5.58. The zero-order valence-corrected chi connectivity index (χ0v) is 9.36. The molecule has 0 saturated carbocycles. The van der Waals surface area contributed by atoms with Crippen molar-refractivity contribution >= 4 is 11.6 Å². The molecule has 0 aromatic rings. The molecule has 0 amide bonds. The molecule has 0 radical (unpaired) electrons.